The number of nitrogens with one attached hydrogen (secondary N) is 1. The third-order valence-electron chi connectivity index (χ3n) is 10.7. The van der Waals surface area contributed by atoms with Crippen molar-refractivity contribution in [2.24, 2.45) is 0 Å². The lowest BCUT2D eigenvalue weighted by atomic mass is 9.95. The molecule has 0 aromatic heterocycles. The number of aliphatic hydroxyl groups is 16. The van der Waals surface area contributed by atoms with Gasteiger partial charge in [-0.05, 0) is 0 Å². The van der Waals surface area contributed by atoms with Gasteiger partial charge in [0.25, 0.3) is 0 Å². The Morgan fingerprint density at radius 2 is 0.847 bits per heavy atom. The van der Waals surface area contributed by atoms with Crippen molar-refractivity contribution in [3.05, 3.63) is 0 Å². The van der Waals surface area contributed by atoms with E-state index in [2.05, 4.69) is 5.32 Å². The SMILES string of the molecule is CC(=O)N[C@H]1[C@@H](O[C@H]2[C@@H](O[C@H]3[C@@H](O[C@@H]4[C@@H](O)[C@@H](O)O[C@H](CO[C@H]5O[C@H](CO)[C@H](O)[C@H](O)[C@H]5O)[C@H]4O)O[C@H](CO)[C@@H](O)[C@@H]3O)O[C@H](CO)[C@@H](O)[C@@H]2O)O[C@H](CO)[C@@H](O)[C@@H]1O. The van der Waals surface area contributed by atoms with E-state index in [4.69, 9.17) is 42.6 Å². The Labute approximate surface area is 333 Å². The summed E-state index contributed by atoms with van der Waals surface area (Å²) in [7, 11) is 0. The topological polar surface area (TPSA) is 436 Å². The molecule has 0 saturated carbocycles. The molecule has 0 unspecified atom stereocenters. The zero-order chi connectivity index (χ0) is 43.6. The summed E-state index contributed by atoms with van der Waals surface area (Å²) in [5, 5.41) is 170. The smallest absolute Gasteiger partial charge is 0.217 e. The minimum Gasteiger partial charge on any atom is -0.394 e. The van der Waals surface area contributed by atoms with Crippen LogP contribution in [0.5, 0.6) is 0 Å². The van der Waals surface area contributed by atoms with Crippen molar-refractivity contribution in [1.82, 2.24) is 5.32 Å². The second kappa shape index (κ2) is 20.8. The average Bonchev–Trinajstić information content (AvgIpc) is 3.21. The molecule has 5 heterocycles. The molecule has 27 heteroatoms. The first-order valence-electron chi connectivity index (χ1n) is 18.6. The zero-order valence-corrected chi connectivity index (χ0v) is 31.2. The van der Waals surface area contributed by atoms with E-state index in [1.165, 1.54) is 0 Å². The van der Waals surface area contributed by atoms with Crippen LogP contribution in [-0.4, -0.2) is 274 Å². The molecule has 0 aromatic rings. The third kappa shape index (κ3) is 10.3. The highest BCUT2D eigenvalue weighted by atomic mass is 16.8. The normalized spacial score (nSPS) is 51.0. The highest BCUT2D eigenvalue weighted by molar-refractivity contribution is 5.73. The van der Waals surface area contributed by atoms with Gasteiger partial charge in [-0.3, -0.25) is 4.79 Å². The number of ether oxygens (including phenoxy) is 9. The maximum atomic E-state index is 12.0. The summed E-state index contributed by atoms with van der Waals surface area (Å²) >= 11 is 0. The van der Waals surface area contributed by atoms with Crippen molar-refractivity contribution in [2.45, 2.75) is 160 Å². The summed E-state index contributed by atoms with van der Waals surface area (Å²) in [6.45, 7) is -3.32. The lowest BCUT2D eigenvalue weighted by Crippen LogP contribution is -2.69. The second-order valence-electron chi connectivity index (χ2n) is 14.7. The van der Waals surface area contributed by atoms with E-state index < -0.39 is 192 Å². The van der Waals surface area contributed by atoms with Gasteiger partial charge in [0.1, 0.15) is 122 Å². The number of carbonyl (C=O) groups excluding carboxylic acids is 1. The molecular weight excluding hydrogens is 814 g/mol. The lowest BCUT2D eigenvalue weighted by molar-refractivity contribution is -0.400. The fourth-order valence-electron chi connectivity index (χ4n) is 7.28. The number of carbonyl (C=O) groups is 1. The van der Waals surface area contributed by atoms with Crippen LogP contribution in [-0.2, 0) is 47.4 Å². The molecule has 25 atom stereocenters. The first-order chi connectivity index (χ1) is 27.9. The van der Waals surface area contributed by atoms with Gasteiger partial charge in [-0.2, -0.15) is 0 Å². The van der Waals surface area contributed by atoms with Gasteiger partial charge in [-0.15, -0.1) is 0 Å². The molecule has 0 aliphatic carbocycles. The van der Waals surface area contributed by atoms with Gasteiger partial charge < -0.3 is 130 Å². The summed E-state index contributed by atoms with van der Waals surface area (Å²) in [4.78, 5) is 12.0. The molecule has 5 fully saturated rings. The van der Waals surface area contributed by atoms with Gasteiger partial charge in [0.15, 0.2) is 31.5 Å². The quantitative estimate of drug-likeness (QED) is 0.0770. The molecule has 5 saturated heterocycles. The monoisotopic (exact) mass is 869 g/mol. The molecule has 0 bridgehead atoms. The van der Waals surface area contributed by atoms with E-state index in [1.807, 2.05) is 0 Å². The first-order valence-corrected chi connectivity index (χ1v) is 18.6. The number of aliphatic hydroxyl groups excluding tert-OH is 16. The van der Waals surface area contributed by atoms with Gasteiger partial charge in [0.05, 0.1) is 33.0 Å². The van der Waals surface area contributed by atoms with Crippen molar-refractivity contribution >= 4 is 5.91 Å². The standard InChI is InChI=1S/C32H55NO26/c1-7(38)33-13-19(44)14(39)8(2-34)53-29(13)58-26-21(46)16(41)11(5-37)56-32(26)59-27-22(47)17(42)10(4-36)55-31(27)57-25-18(43)12(52-28(50)24(25)49)6-51-30-23(48)20(45)15(40)9(3-35)54-30/h8-32,34-37,39-50H,2-6H2,1H3,(H,33,38)/t8-,9-,10-,11-,12-,13-,14-,15+,16-,17-,18-,19-,20+,21+,22+,23-,24-,25+,26-,27-,28+,29-,30+,31-,32-/m1/s1. The van der Waals surface area contributed by atoms with E-state index in [1.54, 1.807) is 0 Å². The molecule has 1 amide bonds. The molecule has 17 N–H and O–H groups in total. The van der Waals surface area contributed by atoms with Gasteiger partial charge in [0.2, 0.25) is 5.91 Å². The Balaban J connectivity index is 1.39. The molecule has 59 heavy (non-hydrogen) atoms. The van der Waals surface area contributed by atoms with E-state index in [0.717, 1.165) is 6.92 Å². The van der Waals surface area contributed by atoms with Gasteiger partial charge in [0, 0.05) is 6.92 Å². The Hall–Kier alpha value is -1.53. The minimum atomic E-state index is -2.15. The molecule has 5 aliphatic rings. The molecular formula is C32H55NO26. The molecule has 0 aromatic carbocycles. The summed E-state index contributed by atoms with van der Waals surface area (Å²) in [5.74, 6) is -0.755. The molecule has 344 valence electrons. The van der Waals surface area contributed by atoms with Crippen LogP contribution in [0.15, 0.2) is 0 Å². The van der Waals surface area contributed by atoms with Gasteiger partial charge in [-0.1, -0.05) is 0 Å². The van der Waals surface area contributed by atoms with Crippen LogP contribution in [0.3, 0.4) is 0 Å². The third-order valence-corrected chi connectivity index (χ3v) is 10.7. The summed E-state index contributed by atoms with van der Waals surface area (Å²) in [6.07, 6.45) is -45.0. The van der Waals surface area contributed by atoms with Crippen LogP contribution in [0.25, 0.3) is 0 Å². The molecule has 5 aliphatic heterocycles. The van der Waals surface area contributed by atoms with E-state index in [9.17, 15) is 86.5 Å². The van der Waals surface area contributed by atoms with E-state index in [0.29, 0.717) is 0 Å². The van der Waals surface area contributed by atoms with Crippen molar-refractivity contribution in [2.75, 3.05) is 33.0 Å². The van der Waals surface area contributed by atoms with Crippen LogP contribution in [0.4, 0.5) is 0 Å². The zero-order valence-electron chi connectivity index (χ0n) is 31.2. The largest absolute Gasteiger partial charge is 0.394 e. The maximum absolute atomic E-state index is 12.0. The number of rotatable bonds is 14. The van der Waals surface area contributed by atoms with Crippen LogP contribution in [0.1, 0.15) is 6.92 Å². The van der Waals surface area contributed by atoms with Crippen molar-refractivity contribution in [1.29, 1.82) is 0 Å². The van der Waals surface area contributed by atoms with Crippen molar-refractivity contribution in [3.63, 3.8) is 0 Å². The minimum absolute atomic E-state index is 0.755. The van der Waals surface area contributed by atoms with Gasteiger partial charge in [-0.25, -0.2) is 0 Å². The van der Waals surface area contributed by atoms with Crippen molar-refractivity contribution < 1.29 is 129 Å². The summed E-state index contributed by atoms with van der Waals surface area (Å²) in [5.41, 5.74) is 0. The van der Waals surface area contributed by atoms with E-state index in [-0.39, 0.29) is 0 Å². The predicted octanol–water partition coefficient (Wildman–Crippen LogP) is -11.8. The van der Waals surface area contributed by atoms with Crippen molar-refractivity contribution in [3.8, 4) is 0 Å². The Bertz CT molecular complexity index is 1320. The van der Waals surface area contributed by atoms with Crippen LogP contribution >= 0.6 is 0 Å². The molecule has 0 spiro atoms. The maximum Gasteiger partial charge on any atom is 0.217 e. The summed E-state index contributed by atoms with van der Waals surface area (Å²) < 4.78 is 50.3. The highest BCUT2D eigenvalue weighted by Gasteiger charge is 2.56. The van der Waals surface area contributed by atoms with E-state index >= 15 is 0 Å². The lowest BCUT2D eigenvalue weighted by Gasteiger charge is -2.50. The van der Waals surface area contributed by atoms with Crippen LogP contribution < -0.4 is 5.32 Å². The van der Waals surface area contributed by atoms with Crippen LogP contribution in [0, 0.1) is 0 Å². The predicted molar refractivity (Wildman–Crippen MR) is 178 cm³/mol. The Morgan fingerprint density at radius 3 is 1.32 bits per heavy atom. The highest BCUT2D eigenvalue weighted by Crippen LogP contribution is 2.35. The number of hydrogen-bond donors (Lipinski definition) is 17. The Kier molecular flexibility index (Phi) is 17.1. The van der Waals surface area contributed by atoms with Crippen LogP contribution in [0.2, 0.25) is 0 Å². The average molecular weight is 870 g/mol. The number of hydrogen-bond acceptors (Lipinski definition) is 26. The van der Waals surface area contributed by atoms with Gasteiger partial charge >= 0.3 is 0 Å². The number of amides is 1. The molecule has 27 nitrogen and oxygen atoms in total. The first kappa shape index (κ1) is 48.5. The Morgan fingerprint density at radius 1 is 0.441 bits per heavy atom. The fraction of sp³-hybridized carbons (Fsp3) is 0.969. The summed E-state index contributed by atoms with van der Waals surface area (Å²) in [6, 6.07) is -1.60. The molecule has 0 radical (unpaired) electrons. The second-order valence-corrected chi connectivity index (χ2v) is 14.7. The fourth-order valence-corrected chi connectivity index (χ4v) is 7.28. The molecule has 5 rings (SSSR count).